The molecule has 0 radical (unpaired) electrons. The van der Waals surface area contributed by atoms with E-state index < -0.39 is 134 Å². The number of rotatable bonds is 10. The summed E-state index contributed by atoms with van der Waals surface area (Å²) < 4.78 is 69.8. The first-order chi connectivity index (χ1) is 23.3. The molecule has 2 amide bonds. The third-order valence-corrected chi connectivity index (χ3v) is 8.59. The molecule has 19 nitrogen and oxygen atoms in total. The van der Waals surface area contributed by atoms with Crippen molar-refractivity contribution in [1.29, 1.82) is 0 Å². The molecule has 50 heavy (non-hydrogen) atoms. The second-order valence-electron chi connectivity index (χ2n) is 13.4. The second kappa shape index (κ2) is 13.9. The van der Waals surface area contributed by atoms with Crippen molar-refractivity contribution in [1.82, 2.24) is 4.90 Å². The SMILES string of the molecule is COC(=O)[C@]1(OC[C@H]2O[C@@H]3OC(C)(C)O[C@@H]3[C@H]3OC(C)(C)O[C@H]32)C[C@@H]2OC(=O)N(C(C)=O)[C@H]2[C@H]([C@H](OC(C)=O)[C@@H](COC(C)=O)OC(C)=O)O1. The minimum atomic E-state index is -2.41. The van der Waals surface area contributed by atoms with Gasteiger partial charge in [-0.05, 0) is 27.7 Å². The van der Waals surface area contributed by atoms with E-state index in [1.807, 2.05) is 0 Å². The summed E-state index contributed by atoms with van der Waals surface area (Å²) in [6, 6.07) is -1.35. The van der Waals surface area contributed by atoms with Gasteiger partial charge in [0, 0.05) is 27.7 Å². The molecule has 19 heteroatoms. The van der Waals surface area contributed by atoms with Crippen LogP contribution >= 0.6 is 0 Å². The molecular weight excluding hydrogens is 674 g/mol. The lowest BCUT2D eigenvalue weighted by Crippen LogP contribution is -2.67. The van der Waals surface area contributed by atoms with Gasteiger partial charge in [0.05, 0.1) is 20.1 Å². The van der Waals surface area contributed by atoms with Gasteiger partial charge in [0.2, 0.25) is 5.91 Å². The molecule has 0 spiro atoms. The largest absolute Gasteiger partial charge is 0.465 e. The predicted octanol–water partition coefficient (Wildman–Crippen LogP) is 0.220. The first-order valence-corrected chi connectivity index (χ1v) is 16.0. The average molecular weight is 718 g/mol. The molecule has 0 aromatic carbocycles. The summed E-state index contributed by atoms with van der Waals surface area (Å²) >= 11 is 0. The average Bonchev–Trinajstić information content (AvgIpc) is 3.62. The molecule has 0 N–H and O–H groups in total. The van der Waals surface area contributed by atoms with Crippen molar-refractivity contribution < 1.29 is 85.6 Å². The van der Waals surface area contributed by atoms with E-state index in [2.05, 4.69) is 0 Å². The fourth-order valence-corrected chi connectivity index (χ4v) is 6.91. The summed E-state index contributed by atoms with van der Waals surface area (Å²) in [4.78, 5) is 76.7. The molecule has 0 aromatic rings. The van der Waals surface area contributed by atoms with Crippen molar-refractivity contribution in [3.63, 3.8) is 0 Å². The highest BCUT2D eigenvalue weighted by molar-refractivity contribution is 5.93. The lowest BCUT2D eigenvalue weighted by atomic mass is 9.88. The zero-order valence-corrected chi connectivity index (χ0v) is 29.2. The fraction of sp³-hybridized carbons (Fsp3) is 0.806. The Kier molecular flexibility index (Phi) is 10.5. The number of nitrogens with zero attached hydrogens (tertiary/aromatic N) is 1. The number of carbonyl (C=O) groups is 6. The van der Waals surface area contributed by atoms with Crippen molar-refractivity contribution in [2.45, 2.75) is 140 Å². The van der Waals surface area contributed by atoms with Crippen LogP contribution in [0.15, 0.2) is 0 Å². The Morgan fingerprint density at radius 3 is 2.06 bits per heavy atom. The van der Waals surface area contributed by atoms with Crippen LogP contribution < -0.4 is 0 Å². The molecule has 5 rings (SSSR count). The molecule has 280 valence electrons. The van der Waals surface area contributed by atoms with E-state index in [1.54, 1.807) is 27.7 Å². The van der Waals surface area contributed by atoms with Crippen molar-refractivity contribution in [3.8, 4) is 0 Å². The minimum Gasteiger partial charge on any atom is -0.465 e. The van der Waals surface area contributed by atoms with E-state index in [0.29, 0.717) is 0 Å². The normalized spacial score (nSPS) is 36.2. The highest BCUT2D eigenvalue weighted by Gasteiger charge is 2.66. The standard InChI is InChI=1S/C31H43NO18/c1-13(33)32-20-17(45-28(32)38)10-31(27(37)39-9,49-23(20)21(43-16(4)36)18(42-15(3)35)11-40-14(2)34)41-12-19-22-24(47-29(5,6)46-22)25-26(44-19)50-30(7,8)48-25/h17-26H,10-12H2,1-9H3/t17-,18+,19+,20+,21+,22-,23+,24-,25+,26+,31-/m0/s1. The van der Waals surface area contributed by atoms with E-state index in [-0.39, 0.29) is 0 Å². The van der Waals surface area contributed by atoms with Crippen LogP contribution in [0.25, 0.3) is 0 Å². The van der Waals surface area contributed by atoms with Gasteiger partial charge in [0.1, 0.15) is 49.3 Å². The number of fused-ring (bicyclic) bond motifs is 4. The maximum Gasteiger partial charge on any atom is 0.417 e. The predicted molar refractivity (Wildman–Crippen MR) is 157 cm³/mol. The Balaban J connectivity index is 1.52. The van der Waals surface area contributed by atoms with Crippen LogP contribution in [-0.2, 0) is 80.8 Å². The molecule has 0 unspecified atom stereocenters. The smallest absolute Gasteiger partial charge is 0.417 e. The van der Waals surface area contributed by atoms with Gasteiger partial charge in [-0.15, -0.1) is 0 Å². The van der Waals surface area contributed by atoms with Crippen LogP contribution in [0.3, 0.4) is 0 Å². The van der Waals surface area contributed by atoms with Crippen LogP contribution in [0.5, 0.6) is 0 Å². The van der Waals surface area contributed by atoms with Gasteiger partial charge in [-0.1, -0.05) is 0 Å². The Bertz CT molecular complexity index is 1380. The quantitative estimate of drug-likeness (QED) is 0.218. The van der Waals surface area contributed by atoms with Crippen LogP contribution in [-0.4, -0.2) is 140 Å². The van der Waals surface area contributed by atoms with Crippen molar-refractivity contribution >= 4 is 35.9 Å². The highest BCUT2D eigenvalue weighted by Crippen LogP contribution is 2.46. The molecule has 5 fully saturated rings. The van der Waals surface area contributed by atoms with Gasteiger partial charge in [-0.3, -0.25) is 19.2 Å². The minimum absolute atomic E-state index is 0.420. The van der Waals surface area contributed by atoms with E-state index in [4.69, 9.17) is 56.8 Å². The van der Waals surface area contributed by atoms with Crippen LogP contribution in [0.2, 0.25) is 0 Å². The summed E-state index contributed by atoms with van der Waals surface area (Å²) in [6.07, 6.45) is -11.8. The molecule has 0 saturated carbocycles. The first kappa shape index (κ1) is 37.8. The number of ether oxygens (including phenoxy) is 12. The number of methoxy groups -OCH3 is 1. The number of hydrogen-bond donors (Lipinski definition) is 0. The molecule has 0 aliphatic carbocycles. The zero-order chi connectivity index (χ0) is 36.9. The van der Waals surface area contributed by atoms with E-state index in [0.717, 1.165) is 39.7 Å². The number of imide groups is 1. The van der Waals surface area contributed by atoms with Gasteiger partial charge < -0.3 is 56.8 Å². The maximum absolute atomic E-state index is 13.7. The van der Waals surface area contributed by atoms with E-state index in [9.17, 15) is 28.8 Å². The van der Waals surface area contributed by atoms with Gasteiger partial charge in [-0.2, -0.15) is 0 Å². The van der Waals surface area contributed by atoms with Gasteiger partial charge in [0.25, 0.3) is 5.79 Å². The molecule has 0 aromatic heterocycles. The molecular formula is C31H43NO18. The molecule has 5 aliphatic rings. The monoisotopic (exact) mass is 717 g/mol. The van der Waals surface area contributed by atoms with Crippen LogP contribution in [0.1, 0.15) is 61.8 Å². The number of carbonyl (C=O) groups excluding carboxylic acids is 6. The van der Waals surface area contributed by atoms with Gasteiger partial charge in [0.15, 0.2) is 30.1 Å². The van der Waals surface area contributed by atoms with Crippen LogP contribution in [0.4, 0.5) is 4.79 Å². The summed E-state index contributed by atoms with van der Waals surface area (Å²) in [5.74, 6) is -8.90. The third kappa shape index (κ3) is 7.58. The summed E-state index contributed by atoms with van der Waals surface area (Å²) in [6.45, 7) is 10.1. The van der Waals surface area contributed by atoms with Crippen LogP contribution in [0, 0.1) is 0 Å². The molecule has 11 atom stereocenters. The van der Waals surface area contributed by atoms with Crippen molar-refractivity contribution in [2.24, 2.45) is 0 Å². The molecule has 5 saturated heterocycles. The summed E-state index contributed by atoms with van der Waals surface area (Å²) in [5, 5.41) is 0. The number of esters is 4. The third-order valence-electron chi connectivity index (χ3n) is 8.59. The fourth-order valence-electron chi connectivity index (χ4n) is 6.91. The van der Waals surface area contributed by atoms with Gasteiger partial charge in [-0.25, -0.2) is 14.5 Å². The molecule has 0 bridgehead atoms. The van der Waals surface area contributed by atoms with Crippen molar-refractivity contribution in [2.75, 3.05) is 20.3 Å². The zero-order valence-electron chi connectivity index (χ0n) is 29.2. The second-order valence-corrected chi connectivity index (χ2v) is 13.4. The maximum atomic E-state index is 13.7. The lowest BCUT2D eigenvalue weighted by molar-refractivity contribution is -0.325. The Morgan fingerprint density at radius 2 is 1.46 bits per heavy atom. The Hall–Kier alpha value is -3.46. The highest BCUT2D eigenvalue weighted by atomic mass is 16.9. The van der Waals surface area contributed by atoms with Crippen molar-refractivity contribution in [3.05, 3.63) is 0 Å². The lowest BCUT2D eigenvalue weighted by Gasteiger charge is -2.47. The summed E-state index contributed by atoms with van der Waals surface area (Å²) in [5.41, 5.74) is 0. The van der Waals surface area contributed by atoms with Gasteiger partial charge >= 0.3 is 30.0 Å². The Labute approximate surface area is 287 Å². The topological polar surface area (TPSA) is 216 Å². The number of hydrogen-bond acceptors (Lipinski definition) is 18. The Morgan fingerprint density at radius 1 is 0.840 bits per heavy atom. The molecule has 5 aliphatic heterocycles. The summed E-state index contributed by atoms with van der Waals surface area (Å²) in [7, 11) is 1.06. The van der Waals surface area contributed by atoms with E-state index >= 15 is 0 Å². The first-order valence-electron chi connectivity index (χ1n) is 16.0. The number of amides is 2. The van der Waals surface area contributed by atoms with E-state index in [1.165, 1.54) is 0 Å². The molecule has 5 heterocycles.